The summed E-state index contributed by atoms with van der Waals surface area (Å²) in [6.45, 7) is 0.564. The highest BCUT2D eigenvalue weighted by atomic mass is 35.5. The van der Waals surface area contributed by atoms with Crippen molar-refractivity contribution in [1.82, 2.24) is 4.90 Å². The quantitative estimate of drug-likeness (QED) is 0.894. The number of rotatable bonds is 4. The van der Waals surface area contributed by atoms with Crippen molar-refractivity contribution in [2.45, 2.75) is 12.6 Å². The third-order valence-corrected chi connectivity index (χ3v) is 4.01. The van der Waals surface area contributed by atoms with Crippen LogP contribution >= 0.6 is 11.6 Å². The summed E-state index contributed by atoms with van der Waals surface area (Å²) in [7, 11) is 0. The molecule has 0 amide bonds. The fraction of sp³-hybridized carbons (Fsp3) is 0.176. The molecule has 1 aliphatic heterocycles. The summed E-state index contributed by atoms with van der Waals surface area (Å²) < 4.78 is 13.0. The molecule has 4 N–H and O–H groups in total. The molecular formula is C17H17ClFN5. The first-order chi connectivity index (χ1) is 11.5. The Labute approximate surface area is 144 Å². The van der Waals surface area contributed by atoms with Gasteiger partial charge in [-0.25, -0.2) is 9.38 Å². The van der Waals surface area contributed by atoms with E-state index in [-0.39, 0.29) is 17.9 Å². The average Bonchev–Trinajstić information content (AvgIpc) is 2.55. The first-order valence-electron chi connectivity index (χ1n) is 7.47. The molecule has 1 aliphatic rings. The molecule has 0 aromatic heterocycles. The Bertz CT molecular complexity index is 788. The predicted molar refractivity (Wildman–Crippen MR) is 94.2 cm³/mol. The van der Waals surface area contributed by atoms with Gasteiger partial charge in [0.15, 0.2) is 6.17 Å². The van der Waals surface area contributed by atoms with Crippen molar-refractivity contribution in [1.29, 1.82) is 0 Å². The largest absolute Gasteiger partial charge is 0.369 e. The van der Waals surface area contributed by atoms with Gasteiger partial charge in [-0.2, -0.15) is 4.99 Å². The van der Waals surface area contributed by atoms with Crippen molar-refractivity contribution in [2.24, 2.45) is 21.5 Å². The number of nitrogens with two attached hydrogens (primary N) is 2. The molecule has 3 rings (SSSR count). The van der Waals surface area contributed by atoms with E-state index in [4.69, 9.17) is 23.1 Å². The van der Waals surface area contributed by atoms with Crippen LogP contribution in [0.15, 0.2) is 58.5 Å². The molecule has 0 bridgehead atoms. The average molecular weight is 346 g/mol. The zero-order valence-corrected chi connectivity index (χ0v) is 13.6. The minimum atomic E-state index is -0.387. The molecule has 2 aromatic rings. The maximum Gasteiger partial charge on any atom is 0.220 e. The third kappa shape index (κ3) is 3.65. The fourth-order valence-electron chi connectivity index (χ4n) is 2.59. The minimum absolute atomic E-state index is 0.135. The van der Waals surface area contributed by atoms with Gasteiger partial charge >= 0.3 is 0 Å². The molecule has 0 aliphatic carbocycles. The topological polar surface area (TPSA) is 80.0 Å². The normalized spacial score (nSPS) is 17.4. The second kappa shape index (κ2) is 6.88. The molecular weight excluding hydrogens is 329 g/mol. The molecule has 2 aromatic carbocycles. The van der Waals surface area contributed by atoms with E-state index < -0.39 is 0 Å². The summed E-state index contributed by atoms with van der Waals surface area (Å²) in [5.74, 6) is 0.178. The summed E-state index contributed by atoms with van der Waals surface area (Å²) in [5.41, 5.74) is 13.7. The number of benzene rings is 2. The second-order valence-electron chi connectivity index (χ2n) is 5.46. The van der Waals surface area contributed by atoms with Crippen molar-refractivity contribution in [3.05, 3.63) is 70.5 Å². The smallest absolute Gasteiger partial charge is 0.220 e. The van der Waals surface area contributed by atoms with E-state index >= 15 is 0 Å². The van der Waals surface area contributed by atoms with Crippen molar-refractivity contribution < 1.29 is 4.39 Å². The zero-order chi connectivity index (χ0) is 17.1. The van der Waals surface area contributed by atoms with Crippen LogP contribution in [0, 0.1) is 5.82 Å². The van der Waals surface area contributed by atoms with Crippen LogP contribution in [-0.2, 0) is 6.42 Å². The molecule has 0 spiro atoms. The number of aliphatic imine (C=N–C) groups is 2. The van der Waals surface area contributed by atoms with Crippen LogP contribution in [0.25, 0.3) is 0 Å². The van der Waals surface area contributed by atoms with Crippen molar-refractivity contribution in [3.8, 4) is 0 Å². The van der Waals surface area contributed by atoms with E-state index in [9.17, 15) is 4.39 Å². The first-order valence-corrected chi connectivity index (χ1v) is 7.85. The standard InChI is InChI=1S/C17H17ClFN5/c18-13-3-1-2-12(10-13)15-22-16(20)23-17(21)24(15)9-8-11-4-6-14(19)7-5-11/h1-7,10,15H,8-9H2,(H4,20,21,22,23)/t15-/m0/s1. The lowest BCUT2D eigenvalue weighted by Crippen LogP contribution is -2.45. The number of hydrogen-bond acceptors (Lipinski definition) is 5. The van der Waals surface area contributed by atoms with Crippen molar-refractivity contribution >= 4 is 23.5 Å². The van der Waals surface area contributed by atoms with Gasteiger partial charge in [0, 0.05) is 11.6 Å². The molecule has 7 heteroatoms. The Balaban J connectivity index is 1.82. The van der Waals surface area contributed by atoms with E-state index in [0.29, 0.717) is 23.9 Å². The van der Waals surface area contributed by atoms with Gasteiger partial charge in [-0.05, 0) is 41.8 Å². The molecule has 1 atom stereocenters. The van der Waals surface area contributed by atoms with Crippen LogP contribution in [0.2, 0.25) is 5.02 Å². The molecule has 124 valence electrons. The van der Waals surface area contributed by atoms with Gasteiger partial charge in [-0.15, -0.1) is 0 Å². The lowest BCUT2D eigenvalue weighted by molar-refractivity contribution is 0.319. The van der Waals surface area contributed by atoms with Gasteiger partial charge in [-0.1, -0.05) is 35.9 Å². The monoisotopic (exact) mass is 345 g/mol. The van der Waals surface area contributed by atoms with E-state index in [1.807, 2.05) is 23.1 Å². The van der Waals surface area contributed by atoms with Crippen LogP contribution in [-0.4, -0.2) is 23.4 Å². The Morgan fingerprint density at radius 3 is 2.58 bits per heavy atom. The van der Waals surface area contributed by atoms with Gasteiger partial charge < -0.3 is 16.4 Å². The van der Waals surface area contributed by atoms with Gasteiger partial charge in [0.05, 0.1) is 0 Å². The highest BCUT2D eigenvalue weighted by Gasteiger charge is 2.25. The van der Waals surface area contributed by atoms with E-state index in [2.05, 4.69) is 9.98 Å². The van der Waals surface area contributed by atoms with Crippen LogP contribution in [0.4, 0.5) is 4.39 Å². The third-order valence-electron chi connectivity index (χ3n) is 3.77. The van der Waals surface area contributed by atoms with Gasteiger partial charge in [-0.3, -0.25) is 0 Å². The number of nitrogens with zero attached hydrogens (tertiary/aromatic N) is 3. The van der Waals surface area contributed by atoms with Crippen molar-refractivity contribution in [3.63, 3.8) is 0 Å². The predicted octanol–water partition coefficient (Wildman–Crippen LogP) is 2.67. The first kappa shape index (κ1) is 16.3. The Morgan fingerprint density at radius 1 is 1.12 bits per heavy atom. The molecule has 5 nitrogen and oxygen atoms in total. The lowest BCUT2D eigenvalue weighted by atomic mass is 10.1. The maximum absolute atomic E-state index is 13.0. The highest BCUT2D eigenvalue weighted by molar-refractivity contribution is 6.30. The summed E-state index contributed by atoms with van der Waals surface area (Å²) >= 11 is 6.08. The summed E-state index contributed by atoms with van der Waals surface area (Å²) in [6, 6.07) is 13.8. The van der Waals surface area contributed by atoms with Crippen LogP contribution in [0.3, 0.4) is 0 Å². The number of guanidine groups is 2. The number of hydrogen-bond donors (Lipinski definition) is 2. The van der Waals surface area contributed by atoms with E-state index in [0.717, 1.165) is 11.1 Å². The molecule has 0 saturated carbocycles. The molecule has 0 radical (unpaired) electrons. The second-order valence-corrected chi connectivity index (χ2v) is 5.89. The molecule has 0 unspecified atom stereocenters. The van der Waals surface area contributed by atoms with Crippen molar-refractivity contribution in [2.75, 3.05) is 6.54 Å². The summed E-state index contributed by atoms with van der Waals surface area (Å²) in [6.07, 6.45) is 0.282. The zero-order valence-electron chi connectivity index (χ0n) is 12.9. The van der Waals surface area contributed by atoms with Crippen LogP contribution in [0.5, 0.6) is 0 Å². The SMILES string of the molecule is NC1=N[C@H](c2cccc(Cl)c2)N(CCc2ccc(F)cc2)C(N)=N1. The van der Waals surface area contributed by atoms with Crippen LogP contribution in [0.1, 0.15) is 17.3 Å². The van der Waals surface area contributed by atoms with Crippen LogP contribution < -0.4 is 11.5 Å². The maximum atomic E-state index is 13.0. The highest BCUT2D eigenvalue weighted by Crippen LogP contribution is 2.27. The van der Waals surface area contributed by atoms with E-state index in [1.165, 1.54) is 12.1 Å². The number of halogens is 2. The Hall–Kier alpha value is -2.60. The molecule has 0 saturated heterocycles. The van der Waals surface area contributed by atoms with Gasteiger partial charge in [0.25, 0.3) is 0 Å². The minimum Gasteiger partial charge on any atom is -0.369 e. The summed E-state index contributed by atoms with van der Waals surface area (Å²) in [5, 5.41) is 0.612. The van der Waals surface area contributed by atoms with Gasteiger partial charge in [0.1, 0.15) is 5.82 Å². The fourth-order valence-corrected chi connectivity index (χ4v) is 2.79. The Morgan fingerprint density at radius 2 is 1.88 bits per heavy atom. The summed E-state index contributed by atoms with van der Waals surface area (Å²) in [4.78, 5) is 10.3. The van der Waals surface area contributed by atoms with Gasteiger partial charge in [0.2, 0.25) is 11.9 Å². The molecule has 1 heterocycles. The molecule has 0 fully saturated rings. The van der Waals surface area contributed by atoms with E-state index in [1.54, 1.807) is 18.2 Å². The lowest BCUT2D eigenvalue weighted by Gasteiger charge is -2.32. The Kier molecular flexibility index (Phi) is 4.66. The molecule has 24 heavy (non-hydrogen) atoms.